The van der Waals surface area contributed by atoms with Crippen LogP contribution in [-0.2, 0) is 14.8 Å². The third-order valence-corrected chi connectivity index (χ3v) is 4.52. The van der Waals surface area contributed by atoms with Crippen LogP contribution in [0.4, 0.5) is 0 Å². The molecule has 5 nitrogen and oxygen atoms in total. The second-order valence-electron chi connectivity index (χ2n) is 4.97. The fraction of sp³-hybridized carbons (Fsp3) is 0.417. The Balaban J connectivity index is 3.11. The fourth-order valence-electron chi connectivity index (χ4n) is 1.70. The van der Waals surface area contributed by atoms with Gasteiger partial charge in [-0.3, -0.25) is 4.79 Å². The summed E-state index contributed by atoms with van der Waals surface area (Å²) < 4.78 is 26.9. The van der Waals surface area contributed by atoms with Gasteiger partial charge in [0.1, 0.15) is 0 Å². The van der Waals surface area contributed by atoms with Gasteiger partial charge in [-0.05, 0) is 38.5 Å². The van der Waals surface area contributed by atoms with Crippen molar-refractivity contribution in [1.29, 1.82) is 0 Å². The molecule has 0 aromatic heterocycles. The normalized spacial score (nSPS) is 12.4. The van der Waals surface area contributed by atoms with Gasteiger partial charge >= 0.3 is 5.97 Å². The molecular weight excluding hydrogens is 290 g/mol. The van der Waals surface area contributed by atoms with Crippen LogP contribution in [-0.4, -0.2) is 25.0 Å². The number of sulfonamides is 1. The number of hydrogen-bond donors (Lipinski definition) is 2. The van der Waals surface area contributed by atoms with Crippen molar-refractivity contribution in [3.63, 3.8) is 0 Å². The minimum Gasteiger partial charge on any atom is -0.481 e. The van der Waals surface area contributed by atoms with E-state index in [0.29, 0.717) is 10.6 Å². The maximum atomic E-state index is 12.2. The average molecular weight is 306 g/mol. The van der Waals surface area contributed by atoms with Gasteiger partial charge in [0.05, 0.1) is 11.3 Å². The Morgan fingerprint density at radius 2 is 2.00 bits per heavy atom. The summed E-state index contributed by atoms with van der Waals surface area (Å²) in [7, 11) is -3.81. The maximum absolute atomic E-state index is 12.2. The first-order valence-corrected chi connectivity index (χ1v) is 7.41. The van der Waals surface area contributed by atoms with Crippen molar-refractivity contribution in [2.45, 2.75) is 37.6 Å². The lowest BCUT2D eigenvalue weighted by atomic mass is 10.0. The zero-order valence-electron chi connectivity index (χ0n) is 10.9. The van der Waals surface area contributed by atoms with E-state index in [9.17, 15) is 13.2 Å². The van der Waals surface area contributed by atoms with Crippen LogP contribution in [0, 0.1) is 6.92 Å². The lowest BCUT2D eigenvalue weighted by molar-refractivity contribution is -0.138. The molecule has 106 valence electrons. The predicted octanol–water partition coefficient (Wildman–Crippen LogP) is 2.18. The first kappa shape index (κ1) is 15.9. The van der Waals surface area contributed by atoms with E-state index in [0.717, 1.165) is 0 Å². The van der Waals surface area contributed by atoms with E-state index in [1.54, 1.807) is 19.1 Å². The fourth-order valence-corrected chi connectivity index (χ4v) is 3.62. The second-order valence-corrected chi connectivity index (χ2v) is 7.06. The third-order valence-electron chi connectivity index (χ3n) is 2.44. The molecule has 0 amide bonds. The SMILES string of the molecule is Cc1ccc(Cl)cc1S(=O)(=O)NC(C)(C)CC(=O)O. The average Bonchev–Trinajstić information content (AvgIpc) is 2.17. The number of rotatable bonds is 5. The minimum atomic E-state index is -3.81. The number of benzene rings is 1. The van der Waals surface area contributed by atoms with Crippen molar-refractivity contribution in [2.24, 2.45) is 0 Å². The van der Waals surface area contributed by atoms with Gasteiger partial charge in [-0.1, -0.05) is 17.7 Å². The summed E-state index contributed by atoms with van der Waals surface area (Å²) in [5, 5.41) is 9.07. The standard InChI is InChI=1S/C12H16ClNO4S/c1-8-4-5-9(13)6-10(8)19(17,18)14-12(2,3)7-11(15)16/h4-6,14H,7H2,1-3H3,(H,15,16). The molecule has 0 heterocycles. The van der Waals surface area contributed by atoms with E-state index in [1.165, 1.54) is 19.9 Å². The molecule has 1 aromatic rings. The summed E-state index contributed by atoms with van der Waals surface area (Å²) in [6.07, 6.45) is -0.314. The molecule has 0 aliphatic carbocycles. The Morgan fingerprint density at radius 3 is 2.53 bits per heavy atom. The molecule has 2 N–H and O–H groups in total. The molecule has 0 radical (unpaired) electrons. The molecule has 0 aliphatic heterocycles. The number of carboxylic acids is 1. The third kappa shape index (κ3) is 4.49. The monoisotopic (exact) mass is 305 g/mol. The van der Waals surface area contributed by atoms with Gasteiger partial charge in [0, 0.05) is 10.6 Å². The van der Waals surface area contributed by atoms with Crippen molar-refractivity contribution in [3.8, 4) is 0 Å². The molecule has 0 saturated heterocycles. The Labute approximate surface area is 117 Å². The summed E-state index contributed by atoms with van der Waals surface area (Å²) in [5.41, 5.74) is -0.539. The van der Waals surface area contributed by atoms with Crippen LogP contribution in [0.1, 0.15) is 25.8 Å². The predicted molar refractivity (Wildman–Crippen MR) is 72.8 cm³/mol. The number of carboxylic acid groups (broad SMARTS) is 1. The first-order valence-electron chi connectivity index (χ1n) is 5.55. The van der Waals surface area contributed by atoms with Crippen molar-refractivity contribution in [3.05, 3.63) is 28.8 Å². The van der Waals surface area contributed by atoms with Crippen LogP contribution >= 0.6 is 11.6 Å². The van der Waals surface area contributed by atoms with Crippen molar-refractivity contribution < 1.29 is 18.3 Å². The number of halogens is 1. The number of hydrogen-bond acceptors (Lipinski definition) is 3. The van der Waals surface area contributed by atoms with E-state index >= 15 is 0 Å². The highest BCUT2D eigenvalue weighted by atomic mass is 35.5. The van der Waals surface area contributed by atoms with Gasteiger partial charge < -0.3 is 5.11 Å². The highest BCUT2D eigenvalue weighted by Gasteiger charge is 2.29. The summed E-state index contributed by atoms with van der Waals surface area (Å²) in [5.74, 6) is -1.07. The van der Waals surface area contributed by atoms with E-state index in [-0.39, 0.29) is 11.3 Å². The molecule has 0 bridgehead atoms. The van der Waals surface area contributed by atoms with Crippen molar-refractivity contribution >= 4 is 27.6 Å². The van der Waals surface area contributed by atoms with Gasteiger partial charge in [0.15, 0.2) is 0 Å². The molecule has 19 heavy (non-hydrogen) atoms. The Morgan fingerprint density at radius 1 is 1.42 bits per heavy atom. The number of aliphatic carboxylic acids is 1. The van der Waals surface area contributed by atoms with Crippen LogP contribution in [0.3, 0.4) is 0 Å². The summed E-state index contributed by atoms with van der Waals surface area (Å²) in [6, 6.07) is 4.54. The lowest BCUT2D eigenvalue weighted by Crippen LogP contribution is -2.44. The van der Waals surface area contributed by atoms with Crippen LogP contribution < -0.4 is 4.72 Å². The molecule has 1 aromatic carbocycles. The van der Waals surface area contributed by atoms with Gasteiger partial charge in [-0.25, -0.2) is 13.1 Å². The molecule has 7 heteroatoms. The highest BCUT2D eigenvalue weighted by molar-refractivity contribution is 7.89. The van der Waals surface area contributed by atoms with E-state index in [1.807, 2.05) is 0 Å². The quantitative estimate of drug-likeness (QED) is 0.873. The van der Waals surface area contributed by atoms with Gasteiger partial charge in [0.25, 0.3) is 0 Å². The van der Waals surface area contributed by atoms with Gasteiger partial charge in [-0.2, -0.15) is 0 Å². The van der Waals surface area contributed by atoms with Gasteiger partial charge in [-0.15, -0.1) is 0 Å². The molecular formula is C12H16ClNO4S. The highest BCUT2D eigenvalue weighted by Crippen LogP contribution is 2.22. The maximum Gasteiger partial charge on any atom is 0.305 e. The van der Waals surface area contributed by atoms with Crippen LogP contribution in [0.2, 0.25) is 5.02 Å². The number of nitrogens with one attached hydrogen (secondary N) is 1. The minimum absolute atomic E-state index is 0.0541. The van der Waals surface area contributed by atoms with Crippen LogP contribution in [0.15, 0.2) is 23.1 Å². The molecule has 1 rings (SSSR count). The van der Waals surface area contributed by atoms with E-state index in [2.05, 4.69) is 4.72 Å². The van der Waals surface area contributed by atoms with Crippen LogP contribution in [0.5, 0.6) is 0 Å². The van der Waals surface area contributed by atoms with E-state index in [4.69, 9.17) is 16.7 Å². The number of aryl methyl sites for hydroxylation is 1. The molecule has 0 aliphatic rings. The molecule has 0 atom stereocenters. The first-order chi connectivity index (χ1) is 8.53. The Hall–Kier alpha value is -1.11. The Kier molecular flexibility index (Phi) is 4.60. The van der Waals surface area contributed by atoms with Crippen LogP contribution in [0.25, 0.3) is 0 Å². The summed E-state index contributed by atoms with van der Waals surface area (Å²) >= 11 is 5.79. The zero-order chi connectivity index (χ0) is 14.8. The molecule has 0 spiro atoms. The number of carbonyl (C=O) groups is 1. The smallest absolute Gasteiger partial charge is 0.305 e. The summed E-state index contributed by atoms with van der Waals surface area (Å²) in [4.78, 5) is 10.8. The summed E-state index contributed by atoms with van der Waals surface area (Å²) in [6.45, 7) is 4.67. The second kappa shape index (κ2) is 5.48. The van der Waals surface area contributed by atoms with Crippen molar-refractivity contribution in [1.82, 2.24) is 4.72 Å². The van der Waals surface area contributed by atoms with E-state index < -0.39 is 21.5 Å². The molecule has 0 fully saturated rings. The zero-order valence-corrected chi connectivity index (χ0v) is 12.5. The Bertz CT molecular complexity index is 596. The molecule has 0 unspecified atom stereocenters. The lowest BCUT2D eigenvalue weighted by Gasteiger charge is -2.24. The largest absolute Gasteiger partial charge is 0.481 e. The topological polar surface area (TPSA) is 83.5 Å². The van der Waals surface area contributed by atoms with Crippen molar-refractivity contribution in [2.75, 3.05) is 0 Å². The molecule has 0 saturated carbocycles. The van der Waals surface area contributed by atoms with Gasteiger partial charge in [0.2, 0.25) is 10.0 Å².